The first kappa shape index (κ1) is 26.8. The molecule has 0 bridgehead atoms. The Morgan fingerprint density at radius 3 is 2.49 bits per heavy atom. The van der Waals surface area contributed by atoms with Gasteiger partial charge in [-0.2, -0.15) is 0 Å². The molecule has 0 aliphatic carbocycles. The number of aryl methyl sites for hydroxylation is 1. The van der Waals surface area contributed by atoms with Crippen molar-refractivity contribution in [3.05, 3.63) is 113 Å². The van der Waals surface area contributed by atoms with Crippen LogP contribution in [0.3, 0.4) is 0 Å². The maximum absolute atomic E-state index is 12.7. The first-order valence-electron chi connectivity index (χ1n) is 13.4. The van der Waals surface area contributed by atoms with Gasteiger partial charge in [-0.05, 0) is 42.3 Å². The Morgan fingerprint density at radius 2 is 1.69 bits per heavy atom. The summed E-state index contributed by atoms with van der Waals surface area (Å²) in [4.78, 5) is 31.4. The zero-order chi connectivity index (χ0) is 26.9. The number of anilines is 1. The smallest absolute Gasteiger partial charge is 0.251 e. The van der Waals surface area contributed by atoms with Crippen molar-refractivity contribution in [2.24, 2.45) is 0 Å². The van der Waals surface area contributed by atoms with Crippen LogP contribution >= 0.6 is 11.8 Å². The van der Waals surface area contributed by atoms with Gasteiger partial charge >= 0.3 is 0 Å². The second-order valence-corrected chi connectivity index (χ2v) is 10.7. The van der Waals surface area contributed by atoms with Gasteiger partial charge in [-0.25, -0.2) is 9.97 Å². The van der Waals surface area contributed by atoms with Crippen molar-refractivity contribution in [1.29, 1.82) is 0 Å². The van der Waals surface area contributed by atoms with E-state index in [2.05, 4.69) is 61.5 Å². The van der Waals surface area contributed by atoms with Gasteiger partial charge in [0.25, 0.3) is 5.91 Å². The van der Waals surface area contributed by atoms with Crippen molar-refractivity contribution in [2.75, 3.05) is 37.6 Å². The summed E-state index contributed by atoms with van der Waals surface area (Å²) in [6.07, 6.45) is 2.48. The molecule has 0 spiro atoms. The Kier molecular flexibility index (Phi) is 9.19. The molecule has 0 saturated carbocycles. The Morgan fingerprint density at radius 1 is 0.897 bits per heavy atom. The monoisotopic (exact) mass is 538 g/mol. The highest BCUT2D eigenvalue weighted by molar-refractivity contribution is 7.98. The molecule has 4 aromatic rings. The number of hydrogen-bond donors (Lipinski definition) is 1. The van der Waals surface area contributed by atoms with E-state index in [0.717, 1.165) is 60.6 Å². The lowest BCUT2D eigenvalue weighted by Crippen LogP contribution is -2.46. The van der Waals surface area contributed by atoms with E-state index >= 15 is 0 Å². The molecule has 0 unspecified atom stereocenters. The van der Waals surface area contributed by atoms with Crippen LogP contribution in [0.2, 0.25) is 0 Å². The maximum Gasteiger partial charge on any atom is 0.251 e. The fourth-order valence-corrected chi connectivity index (χ4v) is 5.47. The molecule has 2 aromatic carbocycles. The van der Waals surface area contributed by atoms with E-state index in [1.165, 1.54) is 5.56 Å². The zero-order valence-electron chi connectivity index (χ0n) is 22.3. The van der Waals surface area contributed by atoms with Crippen LogP contribution in [0, 0.1) is 6.92 Å². The molecule has 1 N–H and O–H groups in total. The molecule has 2 aromatic heterocycles. The summed E-state index contributed by atoms with van der Waals surface area (Å²) in [6.45, 7) is 7.48. The number of nitrogens with one attached hydrogen (secondary N) is 1. The molecule has 0 radical (unpaired) electrons. The number of benzene rings is 2. The van der Waals surface area contributed by atoms with Gasteiger partial charge < -0.3 is 10.2 Å². The van der Waals surface area contributed by atoms with Crippen molar-refractivity contribution < 1.29 is 4.79 Å². The fraction of sp³-hybridized carbons (Fsp3) is 0.290. The summed E-state index contributed by atoms with van der Waals surface area (Å²) in [5, 5.41) is 3.76. The number of amides is 1. The normalized spacial score (nSPS) is 13.8. The van der Waals surface area contributed by atoms with E-state index in [1.54, 1.807) is 18.0 Å². The minimum Gasteiger partial charge on any atom is -0.354 e. The molecule has 0 atom stereocenters. The second-order valence-electron chi connectivity index (χ2n) is 9.71. The van der Waals surface area contributed by atoms with Crippen LogP contribution in [-0.4, -0.2) is 58.5 Å². The molecule has 1 saturated heterocycles. The molecule has 1 aliphatic rings. The van der Waals surface area contributed by atoms with Crippen LogP contribution in [0.15, 0.2) is 90.2 Å². The summed E-state index contributed by atoms with van der Waals surface area (Å²) < 4.78 is 0. The Labute approximate surface area is 234 Å². The van der Waals surface area contributed by atoms with Crippen LogP contribution in [0.4, 0.5) is 5.82 Å². The maximum atomic E-state index is 12.7. The van der Waals surface area contributed by atoms with Crippen LogP contribution in [0.25, 0.3) is 0 Å². The average molecular weight is 539 g/mol. The summed E-state index contributed by atoms with van der Waals surface area (Å²) >= 11 is 1.60. The second kappa shape index (κ2) is 13.4. The van der Waals surface area contributed by atoms with Crippen LogP contribution in [0.1, 0.15) is 32.9 Å². The van der Waals surface area contributed by atoms with Gasteiger partial charge in [0, 0.05) is 80.7 Å². The molecule has 1 amide bonds. The molecule has 200 valence electrons. The highest BCUT2D eigenvalue weighted by atomic mass is 32.2. The van der Waals surface area contributed by atoms with Crippen LogP contribution < -0.4 is 10.2 Å². The van der Waals surface area contributed by atoms with E-state index in [4.69, 9.17) is 4.98 Å². The lowest BCUT2D eigenvalue weighted by atomic mass is 10.1. The number of carbonyl (C=O) groups excluding carboxylic acids is 1. The molecule has 39 heavy (non-hydrogen) atoms. The fourth-order valence-electron chi connectivity index (χ4n) is 4.63. The van der Waals surface area contributed by atoms with E-state index in [0.29, 0.717) is 24.3 Å². The van der Waals surface area contributed by atoms with Crippen molar-refractivity contribution in [2.45, 2.75) is 30.8 Å². The minimum absolute atomic E-state index is 0.0710. The third-order valence-electron chi connectivity index (χ3n) is 6.72. The van der Waals surface area contributed by atoms with Gasteiger partial charge in [0.1, 0.15) is 5.82 Å². The van der Waals surface area contributed by atoms with Gasteiger partial charge in [-0.1, -0.05) is 60.3 Å². The van der Waals surface area contributed by atoms with Crippen LogP contribution in [0.5, 0.6) is 0 Å². The first-order chi connectivity index (χ1) is 19.1. The van der Waals surface area contributed by atoms with E-state index < -0.39 is 0 Å². The topological polar surface area (TPSA) is 74.2 Å². The Hall–Kier alpha value is -3.75. The lowest BCUT2D eigenvalue weighted by Gasteiger charge is -2.35. The third-order valence-corrected chi connectivity index (χ3v) is 7.63. The molecular weight excluding hydrogens is 504 g/mol. The van der Waals surface area contributed by atoms with E-state index in [9.17, 15) is 4.79 Å². The van der Waals surface area contributed by atoms with Gasteiger partial charge in [0.15, 0.2) is 5.16 Å². The molecule has 1 fully saturated rings. The molecule has 5 rings (SSSR count). The average Bonchev–Trinajstić information content (AvgIpc) is 2.97. The molecule has 7 nitrogen and oxygen atoms in total. The predicted molar refractivity (Wildman–Crippen MR) is 157 cm³/mol. The number of rotatable bonds is 10. The predicted octanol–water partition coefficient (Wildman–Crippen LogP) is 4.77. The van der Waals surface area contributed by atoms with E-state index in [1.807, 2.05) is 49.4 Å². The summed E-state index contributed by atoms with van der Waals surface area (Å²) in [7, 11) is 0. The van der Waals surface area contributed by atoms with Gasteiger partial charge in [-0.15, -0.1) is 0 Å². The van der Waals surface area contributed by atoms with Crippen molar-refractivity contribution in [1.82, 2.24) is 25.2 Å². The highest BCUT2D eigenvalue weighted by Gasteiger charge is 2.19. The van der Waals surface area contributed by atoms with Gasteiger partial charge in [0.05, 0.1) is 0 Å². The van der Waals surface area contributed by atoms with Crippen molar-refractivity contribution in [3.8, 4) is 0 Å². The lowest BCUT2D eigenvalue weighted by molar-refractivity contribution is 0.0954. The summed E-state index contributed by atoms with van der Waals surface area (Å²) in [5.41, 5.74) is 5.02. The molecule has 3 heterocycles. The van der Waals surface area contributed by atoms with Crippen LogP contribution in [-0.2, 0) is 18.7 Å². The largest absolute Gasteiger partial charge is 0.354 e. The molecule has 1 aliphatic heterocycles. The number of hydrogen-bond acceptors (Lipinski definition) is 7. The van der Waals surface area contributed by atoms with E-state index in [-0.39, 0.29) is 5.91 Å². The molecule has 8 heteroatoms. The Bertz CT molecular complexity index is 1360. The highest BCUT2D eigenvalue weighted by Crippen LogP contribution is 2.24. The van der Waals surface area contributed by atoms with Gasteiger partial charge in [0.2, 0.25) is 0 Å². The molecular formula is C31H34N6OS. The SMILES string of the molecule is Cc1cc(N2CCN(Cc3ccccc3)CC2)nc(SCc2cccc(C(=O)NCCc3ccccn3)c2)n1. The number of piperazine rings is 1. The zero-order valence-corrected chi connectivity index (χ0v) is 23.1. The van der Waals surface area contributed by atoms with Crippen molar-refractivity contribution in [3.63, 3.8) is 0 Å². The van der Waals surface area contributed by atoms with Gasteiger partial charge in [-0.3, -0.25) is 14.7 Å². The quantitative estimate of drug-likeness (QED) is 0.230. The summed E-state index contributed by atoms with van der Waals surface area (Å²) in [6, 6.07) is 26.3. The Balaban J connectivity index is 1.13. The minimum atomic E-state index is -0.0710. The van der Waals surface area contributed by atoms with Crippen molar-refractivity contribution >= 4 is 23.5 Å². The first-order valence-corrected chi connectivity index (χ1v) is 14.4. The standard InChI is InChI=1S/C31H34N6OS/c1-24-20-29(37-18-16-36(17-19-37)22-25-8-3-2-4-9-25)35-31(34-24)39-23-26-10-7-11-27(21-26)30(38)33-15-13-28-12-5-6-14-32-28/h2-12,14,20-21H,13,15-19,22-23H2,1H3,(H,33,38). The number of carbonyl (C=O) groups is 1. The number of nitrogens with zero attached hydrogens (tertiary/aromatic N) is 5. The number of thioether (sulfide) groups is 1. The summed E-state index contributed by atoms with van der Waals surface area (Å²) in [5.74, 6) is 1.62. The number of aromatic nitrogens is 3. The third kappa shape index (κ3) is 7.88. The number of pyridine rings is 1.